The van der Waals surface area contributed by atoms with Crippen molar-refractivity contribution in [3.05, 3.63) is 72.0 Å². The van der Waals surface area contributed by atoms with Crippen LogP contribution in [-0.2, 0) is 14.8 Å². The minimum atomic E-state index is -4.26. The number of rotatable bonds is 12. The molecule has 212 valence electrons. The van der Waals surface area contributed by atoms with Crippen LogP contribution in [0, 0.1) is 5.82 Å². The number of hydrazone groups is 1. The highest BCUT2D eigenvalue weighted by Crippen LogP contribution is 2.34. The van der Waals surface area contributed by atoms with Gasteiger partial charge in [-0.2, -0.15) is 5.10 Å². The number of halogens is 1. The summed E-state index contributed by atoms with van der Waals surface area (Å²) in [5.74, 6) is 0.575. The van der Waals surface area contributed by atoms with Crippen LogP contribution in [0.25, 0.3) is 0 Å². The van der Waals surface area contributed by atoms with Crippen LogP contribution in [0.2, 0.25) is 0 Å². The Morgan fingerprint density at radius 3 is 2.48 bits per heavy atom. The lowest BCUT2D eigenvalue weighted by Gasteiger charge is -2.25. The molecule has 1 heterocycles. The summed E-state index contributed by atoms with van der Waals surface area (Å²) in [5, 5.41) is 3.97. The van der Waals surface area contributed by atoms with Crippen LogP contribution in [0.15, 0.2) is 70.7 Å². The van der Waals surface area contributed by atoms with E-state index in [4.69, 9.17) is 18.9 Å². The smallest absolute Gasteiger partial charge is 0.264 e. The van der Waals surface area contributed by atoms with Crippen molar-refractivity contribution < 1.29 is 36.6 Å². The highest BCUT2D eigenvalue weighted by molar-refractivity contribution is 7.92. The highest BCUT2D eigenvalue weighted by Gasteiger charge is 2.29. The summed E-state index contributed by atoms with van der Waals surface area (Å²) in [4.78, 5) is 12.7. The maximum Gasteiger partial charge on any atom is 0.264 e. The van der Waals surface area contributed by atoms with Crippen molar-refractivity contribution in [1.29, 1.82) is 0 Å². The Balaban J connectivity index is 1.53. The topological polar surface area (TPSA) is 116 Å². The number of hydrogen-bond donors (Lipinski definition) is 1. The third-order valence-electron chi connectivity index (χ3n) is 5.64. The lowest BCUT2D eigenvalue weighted by Crippen LogP contribution is -2.39. The Bertz CT molecular complexity index is 1460. The number of carbonyl (C=O) groups excluding carboxylic acids is 1. The molecule has 0 spiro atoms. The molecule has 0 aliphatic carbocycles. The zero-order valence-corrected chi connectivity index (χ0v) is 22.9. The Morgan fingerprint density at radius 1 is 1.00 bits per heavy atom. The van der Waals surface area contributed by atoms with Gasteiger partial charge >= 0.3 is 0 Å². The van der Waals surface area contributed by atoms with Gasteiger partial charge in [-0.25, -0.2) is 18.2 Å². The van der Waals surface area contributed by atoms with Crippen LogP contribution < -0.4 is 28.7 Å². The molecular weight excluding hydrogens is 541 g/mol. The lowest BCUT2D eigenvalue weighted by molar-refractivity contribution is -0.119. The second kappa shape index (κ2) is 13.2. The maximum absolute atomic E-state index is 13.6. The Labute approximate surface area is 232 Å². The van der Waals surface area contributed by atoms with Gasteiger partial charge in [-0.15, -0.1) is 0 Å². The van der Waals surface area contributed by atoms with E-state index in [1.54, 1.807) is 18.2 Å². The first-order valence-electron chi connectivity index (χ1n) is 12.7. The molecule has 0 fully saturated rings. The van der Waals surface area contributed by atoms with Crippen molar-refractivity contribution in [1.82, 2.24) is 5.43 Å². The summed E-state index contributed by atoms with van der Waals surface area (Å²) >= 11 is 0. The van der Waals surface area contributed by atoms with Crippen molar-refractivity contribution in [2.75, 3.05) is 37.3 Å². The van der Waals surface area contributed by atoms with E-state index in [0.717, 1.165) is 22.9 Å². The van der Waals surface area contributed by atoms with E-state index < -0.39 is 28.3 Å². The van der Waals surface area contributed by atoms with Gasteiger partial charge in [0, 0.05) is 6.07 Å². The summed E-state index contributed by atoms with van der Waals surface area (Å²) in [6, 6.07) is 14.2. The number of nitrogens with zero attached hydrogens (tertiary/aromatic N) is 2. The van der Waals surface area contributed by atoms with Crippen molar-refractivity contribution in [2.45, 2.75) is 25.2 Å². The van der Waals surface area contributed by atoms with Gasteiger partial charge in [0.05, 0.1) is 30.0 Å². The summed E-state index contributed by atoms with van der Waals surface area (Å²) in [6.45, 7) is 4.86. The fraction of sp³-hybridized carbons (Fsp3) is 0.286. The molecule has 10 nitrogen and oxygen atoms in total. The zero-order valence-electron chi connectivity index (χ0n) is 22.1. The number of benzene rings is 3. The van der Waals surface area contributed by atoms with E-state index in [-0.39, 0.29) is 22.9 Å². The number of amides is 1. The standard InChI is InChI=1S/C28H30FN3O7S/c1-3-13-37-24-11-5-20(16-26(24)36-4-2)18-30-31-28(33)19-32(22-8-6-21(29)7-9-22)40(34,35)23-10-12-25-27(17-23)39-15-14-38-25/h5-12,16-18H,3-4,13-15,19H2,1-2H3,(H,31,33)/b30-18-. The molecule has 1 aliphatic heterocycles. The third kappa shape index (κ3) is 7.00. The molecule has 0 saturated heterocycles. The average Bonchev–Trinajstić information content (AvgIpc) is 2.96. The minimum absolute atomic E-state index is 0.0967. The molecule has 0 radical (unpaired) electrons. The van der Waals surface area contributed by atoms with Crippen molar-refractivity contribution in [3.8, 4) is 23.0 Å². The molecule has 12 heteroatoms. The van der Waals surface area contributed by atoms with Gasteiger partial charge in [0.2, 0.25) is 0 Å². The van der Waals surface area contributed by atoms with Crippen LogP contribution in [0.5, 0.6) is 23.0 Å². The largest absolute Gasteiger partial charge is 0.490 e. The molecular formula is C28H30FN3O7S. The number of ether oxygens (including phenoxy) is 4. The SMILES string of the molecule is CCCOc1ccc(/C=N\NC(=O)CN(c2ccc(F)cc2)S(=O)(=O)c2ccc3c(c2)OCCO3)cc1OCC. The lowest BCUT2D eigenvalue weighted by atomic mass is 10.2. The maximum atomic E-state index is 13.6. The van der Waals surface area contributed by atoms with E-state index in [1.165, 1.54) is 36.5 Å². The van der Waals surface area contributed by atoms with Crippen LogP contribution >= 0.6 is 0 Å². The monoisotopic (exact) mass is 571 g/mol. The zero-order chi connectivity index (χ0) is 28.5. The van der Waals surface area contributed by atoms with Gasteiger partial charge in [0.1, 0.15) is 25.6 Å². The van der Waals surface area contributed by atoms with E-state index in [2.05, 4.69) is 10.5 Å². The molecule has 0 bridgehead atoms. The quantitative estimate of drug-likeness (QED) is 0.257. The summed E-state index contributed by atoms with van der Waals surface area (Å²) in [7, 11) is -4.26. The van der Waals surface area contributed by atoms with Crippen molar-refractivity contribution in [3.63, 3.8) is 0 Å². The number of carbonyl (C=O) groups is 1. The van der Waals surface area contributed by atoms with Crippen molar-refractivity contribution >= 4 is 27.8 Å². The molecule has 1 aliphatic rings. The minimum Gasteiger partial charge on any atom is -0.490 e. The Kier molecular flexibility index (Phi) is 9.43. The molecule has 1 N–H and O–H groups in total. The van der Waals surface area contributed by atoms with Crippen LogP contribution in [0.1, 0.15) is 25.8 Å². The predicted octanol–water partition coefficient (Wildman–Crippen LogP) is 4.13. The molecule has 40 heavy (non-hydrogen) atoms. The molecule has 1 amide bonds. The summed E-state index contributed by atoms with van der Waals surface area (Å²) in [5.41, 5.74) is 3.08. The predicted molar refractivity (Wildman–Crippen MR) is 147 cm³/mol. The first kappa shape index (κ1) is 28.7. The number of fused-ring (bicyclic) bond motifs is 1. The Morgan fingerprint density at radius 2 is 1.75 bits per heavy atom. The van der Waals surface area contributed by atoms with Gasteiger partial charge in [0.15, 0.2) is 23.0 Å². The van der Waals surface area contributed by atoms with Gasteiger partial charge in [-0.05, 0) is 73.5 Å². The van der Waals surface area contributed by atoms with Crippen molar-refractivity contribution in [2.24, 2.45) is 5.10 Å². The number of nitrogens with one attached hydrogen (secondary N) is 1. The van der Waals surface area contributed by atoms with Crippen LogP contribution in [-0.4, -0.2) is 53.5 Å². The molecule has 4 rings (SSSR count). The second-order valence-corrected chi connectivity index (χ2v) is 10.4. The first-order valence-corrected chi connectivity index (χ1v) is 14.1. The molecule has 3 aromatic carbocycles. The average molecular weight is 572 g/mol. The highest BCUT2D eigenvalue weighted by atomic mass is 32.2. The Hall–Kier alpha value is -4.32. The molecule has 0 atom stereocenters. The fourth-order valence-electron chi connectivity index (χ4n) is 3.78. The van der Waals surface area contributed by atoms with Gasteiger partial charge in [-0.3, -0.25) is 9.10 Å². The third-order valence-corrected chi connectivity index (χ3v) is 7.41. The van der Waals surface area contributed by atoms with Crippen LogP contribution in [0.4, 0.5) is 10.1 Å². The van der Waals surface area contributed by atoms with Gasteiger partial charge in [-0.1, -0.05) is 6.92 Å². The second-order valence-electron chi connectivity index (χ2n) is 8.57. The van der Waals surface area contributed by atoms with Gasteiger partial charge in [0.25, 0.3) is 15.9 Å². The number of hydrogen-bond acceptors (Lipinski definition) is 8. The summed E-state index contributed by atoms with van der Waals surface area (Å²) in [6.07, 6.45) is 2.25. The summed E-state index contributed by atoms with van der Waals surface area (Å²) < 4.78 is 64.0. The van der Waals surface area contributed by atoms with E-state index in [0.29, 0.717) is 42.6 Å². The molecule has 0 aromatic heterocycles. The fourth-order valence-corrected chi connectivity index (χ4v) is 5.22. The molecule has 0 saturated carbocycles. The van der Waals surface area contributed by atoms with E-state index in [9.17, 15) is 17.6 Å². The molecule has 0 unspecified atom stereocenters. The number of sulfonamides is 1. The van der Waals surface area contributed by atoms with Gasteiger partial charge < -0.3 is 18.9 Å². The van der Waals surface area contributed by atoms with E-state index in [1.807, 2.05) is 13.8 Å². The normalized spacial score (nSPS) is 12.7. The first-order chi connectivity index (χ1) is 19.3. The molecule has 3 aromatic rings. The van der Waals surface area contributed by atoms with E-state index >= 15 is 0 Å². The number of anilines is 1. The van der Waals surface area contributed by atoms with Crippen LogP contribution in [0.3, 0.4) is 0 Å².